The molecule has 3 rings (SSSR count). The molecule has 1 N–H and O–H groups in total. The number of nitrogens with zero attached hydrogens (tertiary/aromatic N) is 3. The number of aryl methyl sites for hydroxylation is 1. The summed E-state index contributed by atoms with van der Waals surface area (Å²) in [6, 6.07) is 1.30. The summed E-state index contributed by atoms with van der Waals surface area (Å²) >= 11 is 0. The number of aromatic nitrogens is 3. The van der Waals surface area contributed by atoms with E-state index in [0.29, 0.717) is 12.1 Å². The highest BCUT2D eigenvalue weighted by Gasteiger charge is 2.30. The highest BCUT2D eigenvalue weighted by atomic mass is 15.4. The molecular weight excluding hydrogens is 164 g/mol. The Bertz CT molecular complexity index is 330. The molecule has 2 aliphatic rings. The molecule has 0 radical (unpaired) electrons. The molecule has 0 unspecified atom stereocenters. The van der Waals surface area contributed by atoms with E-state index >= 15 is 0 Å². The second-order valence-corrected chi connectivity index (χ2v) is 4.15. The normalized spacial score (nSPS) is 31.5. The van der Waals surface area contributed by atoms with Gasteiger partial charge >= 0.3 is 0 Å². The fraction of sp³-hybridized carbons (Fsp3) is 0.778. The largest absolute Gasteiger partial charge is 0.309 e. The Morgan fingerprint density at radius 2 is 2.23 bits per heavy atom. The summed E-state index contributed by atoms with van der Waals surface area (Å²) in [4.78, 5) is 0. The van der Waals surface area contributed by atoms with Crippen molar-refractivity contribution in [2.45, 2.75) is 44.8 Å². The highest BCUT2D eigenvalue weighted by molar-refractivity contribution is 5.12. The van der Waals surface area contributed by atoms with Crippen LogP contribution in [0.25, 0.3) is 0 Å². The topological polar surface area (TPSA) is 42.7 Å². The Morgan fingerprint density at radius 3 is 3.15 bits per heavy atom. The lowest BCUT2D eigenvalue weighted by molar-refractivity contribution is 0.468. The molecule has 1 aromatic rings. The number of hydrogen-bond acceptors (Lipinski definition) is 3. The van der Waals surface area contributed by atoms with Gasteiger partial charge in [-0.05, 0) is 19.8 Å². The number of fused-ring (bicyclic) bond motifs is 3. The van der Waals surface area contributed by atoms with Gasteiger partial charge in [0.2, 0.25) is 0 Å². The van der Waals surface area contributed by atoms with Gasteiger partial charge in [0.15, 0.2) is 0 Å². The molecule has 13 heavy (non-hydrogen) atoms. The van der Waals surface area contributed by atoms with E-state index in [0.717, 1.165) is 18.7 Å². The summed E-state index contributed by atoms with van der Waals surface area (Å²) in [6.07, 6.45) is 3.72. The molecule has 4 nitrogen and oxygen atoms in total. The molecule has 0 saturated carbocycles. The summed E-state index contributed by atoms with van der Waals surface area (Å²) < 4.78 is 2.08. The third-order valence-corrected chi connectivity index (χ3v) is 3.20. The monoisotopic (exact) mass is 178 g/mol. The quantitative estimate of drug-likeness (QED) is 0.620. The Morgan fingerprint density at radius 1 is 1.38 bits per heavy atom. The van der Waals surface area contributed by atoms with Crippen LogP contribution in [0.5, 0.6) is 0 Å². The average Bonchev–Trinajstić information content (AvgIpc) is 2.58. The third kappa shape index (κ3) is 1.09. The number of hydrogen-bond donors (Lipinski definition) is 1. The van der Waals surface area contributed by atoms with Crippen LogP contribution in [0.1, 0.15) is 24.2 Å². The van der Waals surface area contributed by atoms with Gasteiger partial charge in [-0.15, -0.1) is 5.10 Å². The molecule has 2 aliphatic heterocycles. The minimum absolute atomic E-state index is 0.632. The molecule has 1 fully saturated rings. The lowest BCUT2D eigenvalue weighted by Crippen LogP contribution is -2.30. The van der Waals surface area contributed by atoms with Crippen LogP contribution in [0.2, 0.25) is 0 Å². The fourth-order valence-electron chi connectivity index (χ4n) is 2.47. The van der Waals surface area contributed by atoms with E-state index in [1.165, 1.54) is 18.5 Å². The van der Waals surface area contributed by atoms with E-state index in [1.54, 1.807) is 0 Å². The van der Waals surface area contributed by atoms with Gasteiger partial charge in [-0.25, -0.2) is 4.68 Å². The van der Waals surface area contributed by atoms with Crippen molar-refractivity contribution in [3.05, 3.63) is 11.4 Å². The van der Waals surface area contributed by atoms with E-state index in [9.17, 15) is 0 Å². The Balaban J connectivity index is 2.03. The lowest BCUT2D eigenvalue weighted by atomic mass is 10.1. The summed E-state index contributed by atoms with van der Waals surface area (Å²) in [5.41, 5.74) is 2.44. The van der Waals surface area contributed by atoms with E-state index in [-0.39, 0.29) is 0 Å². The van der Waals surface area contributed by atoms with Gasteiger partial charge in [-0.2, -0.15) is 0 Å². The van der Waals surface area contributed by atoms with Crippen LogP contribution in [-0.4, -0.2) is 27.1 Å². The molecule has 0 aromatic carbocycles. The van der Waals surface area contributed by atoms with Crippen LogP contribution < -0.4 is 5.32 Å². The molecule has 4 heteroatoms. The first-order valence-electron chi connectivity index (χ1n) is 4.98. The third-order valence-electron chi connectivity index (χ3n) is 3.20. The maximum Gasteiger partial charge on any atom is 0.0828 e. The maximum absolute atomic E-state index is 4.16. The van der Waals surface area contributed by atoms with E-state index in [1.807, 2.05) is 0 Å². The molecular formula is C9H14N4. The molecule has 0 spiro atoms. The Labute approximate surface area is 77.3 Å². The number of nitrogens with one attached hydrogen (secondary N) is 1. The van der Waals surface area contributed by atoms with Crippen molar-refractivity contribution in [2.75, 3.05) is 0 Å². The van der Waals surface area contributed by atoms with Crippen LogP contribution in [0.3, 0.4) is 0 Å². The molecule has 0 amide bonds. The summed E-state index contributed by atoms with van der Waals surface area (Å²) in [5.74, 6) is 0. The Hall–Kier alpha value is -0.900. The number of rotatable bonds is 0. The highest BCUT2D eigenvalue weighted by Crippen LogP contribution is 2.22. The molecule has 2 atom stereocenters. The SMILES string of the molecule is Cc1nnn2c1C[C@H]1CC[C@@H](C2)N1. The van der Waals surface area contributed by atoms with Gasteiger partial charge in [-0.1, -0.05) is 5.21 Å². The first kappa shape index (κ1) is 7.50. The summed E-state index contributed by atoms with van der Waals surface area (Å²) in [6.45, 7) is 3.06. The van der Waals surface area contributed by atoms with Crippen LogP contribution in [-0.2, 0) is 13.0 Å². The van der Waals surface area contributed by atoms with Crippen LogP contribution in [0.15, 0.2) is 0 Å². The van der Waals surface area contributed by atoms with Crippen molar-refractivity contribution in [3.63, 3.8) is 0 Å². The van der Waals surface area contributed by atoms with Gasteiger partial charge in [0.1, 0.15) is 0 Å². The van der Waals surface area contributed by atoms with Crippen molar-refractivity contribution >= 4 is 0 Å². The molecule has 70 valence electrons. The van der Waals surface area contributed by atoms with Crippen molar-refractivity contribution in [1.82, 2.24) is 20.3 Å². The second kappa shape index (κ2) is 2.54. The molecule has 1 aromatic heterocycles. The van der Waals surface area contributed by atoms with E-state index in [4.69, 9.17) is 0 Å². The summed E-state index contributed by atoms with van der Waals surface area (Å²) in [7, 11) is 0. The zero-order valence-corrected chi connectivity index (χ0v) is 7.82. The average molecular weight is 178 g/mol. The zero-order chi connectivity index (χ0) is 8.84. The minimum atomic E-state index is 0.632. The smallest absolute Gasteiger partial charge is 0.0828 e. The van der Waals surface area contributed by atoms with Crippen molar-refractivity contribution < 1.29 is 0 Å². The Kier molecular flexibility index (Phi) is 1.47. The molecule has 0 aliphatic carbocycles. The molecule has 3 heterocycles. The molecule has 2 bridgehead atoms. The van der Waals surface area contributed by atoms with Crippen LogP contribution in [0.4, 0.5) is 0 Å². The van der Waals surface area contributed by atoms with Gasteiger partial charge in [0, 0.05) is 18.5 Å². The van der Waals surface area contributed by atoms with Crippen LogP contribution >= 0.6 is 0 Å². The lowest BCUT2D eigenvalue weighted by Gasteiger charge is -2.08. The van der Waals surface area contributed by atoms with Crippen molar-refractivity contribution in [2.24, 2.45) is 0 Å². The van der Waals surface area contributed by atoms with E-state index < -0.39 is 0 Å². The van der Waals surface area contributed by atoms with Crippen molar-refractivity contribution in [3.8, 4) is 0 Å². The predicted octanol–water partition coefficient (Wildman–Crippen LogP) is 0.263. The minimum Gasteiger partial charge on any atom is -0.309 e. The van der Waals surface area contributed by atoms with E-state index in [2.05, 4.69) is 27.2 Å². The zero-order valence-electron chi connectivity index (χ0n) is 7.82. The standard InChI is InChI=1S/C9H14N4/c1-6-9-4-7-2-3-8(10-7)5-13(9)12-11-6/h7-8,10H,2-5H2,1H3/t7-,8+/m1/s1. The second-order valence-electron chi connectivity index (χ2n) is 4.15. The van der Waals surface area contributed by atoms with Gasteiger partial charge in [-0.3, -0.25) is 0 Å². The fourth-order valence-corrected chi connectivity index (χ4v) is 2.47. The predicted molar refractivity (Wildman–Crippen MR) is 48.4 cm³/mol. The first-order valence-corrected chi connectivity index (χ1v) is 4.98. The van der Waals surface area contributed by atoms with Crippen LogP contribution in [0, 0.1) is 6.92 Å². The summed E-state index contributed by atoms with van der Waals surface area (Å²) in [5, 5.41) is 11.9. The molecule has 1 saturated heterocycles. The maximum atomic E-state index is 4.16. The van der Waals surface area contributed by atoms with Gasteiger partial charge in [0.25, 0.3) is 0 Å². The first-order chi connectivity index (χ1) is 6.33. The van der Waals surface area contributed by atoms with Crippen molar-refractivity contribution in [1.29, 1.82) is 0 Å². The van der Waals surface area contributed by atoms with Gasteiger partial charge in [0.05, 0.1) is 17.9 Å². The van der Waals surface area contributed by atoms with Gasteiger partial charge < -0.3 is 5.32 Å².